The highest BCUT2D eigenvalue weighted by atomic mass is 16.2. The molecule has 1 aliphatic rings. The van der Waals surface area contributed by atoms with Crippen LogP contribution in [0.2, 0.25) is 0 Å². The van der Waals surface area contributed by atoms with Gasteiger partial charge in [-0.3, -0.25) is 9.59 Å². The molecule has 0 aliphatic carbocycles. The number of nitrogens with zero attached hydrogens (tertiary/aromatic N) is 4. The van der Waals surface area contributed by atoms with E-state index in [0.29, 0.717) is 31.7 Å². The molecule has 0 saturated carbocycles. The molecule has 4 rings (SSSR count). The number of amides is 1. The van der Waals surface area contributed by atoms with Gasteiger partial charge >= 0.3 is 0 Å². The summed E-state index contributed by atoms with van der Waals surface area (Å²) in [6, 6.07) is 11.6. The maximum absolute atomic E-state index is 12.7. The summed E-state index contributed by atoms with van der Waals surface area (Å²) in [7, 11) is 1.82. The van der Waals surface area contributed by atoms with Crippen molar-refractivity contribution in [3.05, 3.63) is 87.9 Å². The zero-order chi connectivity index (χ0) is 18.1. The van der Waals surface area contributed by atoms with Crippen LogP contribution in [0.3, 0.4) is 0 Å². The van der Waals surface area contributed by atoms with Crippen molar-refractivity contribution in [2.45, 2.75) is 19.5 Å². The fourth-order valence-electron chi connectivity index (χ4n) is 3.38. The molecule has 132 valence electrons. The first kappa shape index (κ1) is 16.3. The molecule has 1 aliphatic heterocycles. The fraction of sp³-hybridized carbons (Fsp3) is 0.250. The summed E-state index contributed by atoms with van der Waals surface area (Å²) in [6.07, 6.45) is 5.81. The van der Waals surface area contributed by atoms with Crippen LogP contribution in [0.4, 0.5) is 0 Å². The summed E-state index contributed by atoms with van der Waals surface area (Å²) < 4.78 is 3.44. The molecule has 0 unspecified atom stereocenters. The van der Waals surface area contributed by atoms with Gasteiger partial charge in [0, 0.05) is 32.4 Å². The van der Waals surface area contributed by atoms with Gasteiger partial charge in [-0.2, -0.15) is 0 Å². The number of aromatic nitrogens is 3. The Morgan fingerprint density at radius 2 is 2.00 bits per heavy atom. The van der Waals surface area contributed by atoms with Gasteiger partial charge in [0.15, 0.2) is 0 Å². The van der Waals surface area contributed by atoms with Gasteiger partial charge in [-0.1, -0.05) is 30.3 Å². The molecule has 3 heterocycles. The Bertz CT molecular complexity index is 1000. The Kier molecular flexibility index (Phi) is 4.16. The molecule has 0 atom stereocenters. The Hall–Kier alpha value is -3.15. The van der Waals surface area contributed by atoms with Crippen LogP contribution in [0.25, 0.3) is 0 Å². The number of benzene rings is 1. The maximum Gasteiger partial charge on any atom is 0.272 e. The van der Waals surface area contributed by atoms with Gasteiger partial charge in [0.05, 0.1) is 19.1 Å². The highest BCUT2D eigenvalue weighted by Crippen LogP contribution is 2.19. The van der Waals surface area contributed by atoms with Crippen molar-refractivity contribution in [1.82, 2.24) is 19.0 Å². The minimum Gasteiger partial charge on any atom is -0.333 e. The van der Waals surface area contributed by atoms with Gasteiger partial charge in [0.25, 0.3) is 11.5 Å². The summed E-state index contributed by atoms with van der Waals surface area (Å²) in [4.78, 5) is 31.0. The van der Waals surface area contributed by atoms with E-state index in [9.17, 15) is 9.59 Å². The van der Waals surface area contributed by atoms with E-state index in [0.717, 1.165) is 16.7 Å². The van der Waals surface area contributed by atoms with Crippen LogP contribution in [-0.2, 0) is 26.6 Å². The number of hydrogen-bond acceptors (Lipinski definition) is 3. The average Bonchev–Trinajstić information content (AvgIpc) is 3.08. The van der Waals surface area contributed by atoms with Gasteiger partial charge in [0.1, 0.15) is 5.69 Å². The van der Waals surface area contributed by atoms with Crippen LogP contribution in [0.1, 0.15) is 27.2 Å². The van der Waals surface area contributed by atoms with E-state index >= 15 is 0 Å². The largest absolute Gasteiger partial charge is 0.333 e. The summed E-state index contributed by atoms with van der Waals surface area (Å²) in [6.45, 7) is 1.65. The molecule has 0 radical (unpaired) electrons. The van der Waals surface area contributed by atoms with Gasteiger partial charge in [0.2, 0.25) is 0 Å². The maximum atomic E-state index is 12.7. The van der Waals surface area contributed by atoms with Crippen LogP contribution in [-0.4, -0.2) is 31.5 Å². The fourth-order valence-corrected chi connectivity index (χ4v) is 3.38. The Morgan fingerprint density at radius 3 is 2.73 bits per heavy atom. The molecule has 6 heteroatoms. The van der Waals surface area contributed by atoms with Gasteiger partial charge in [-0.05, 0) is 23.1 Å². The van der Waals surface area contributed by atoms with Crippen LogP contribution < -0.4 is 5.56 Å². The molecular weight excluding hydrogens is 328 g/mol. The molecule has 0 fully saturated rings. The lowest BCUT2D eigenvalue weighted by Crippen LogP contribution is -2.38. The molecule has 0 N–H and O–H groups in total. The first-order valence-corrected chi connectivity index (χ1v) is 8.63. The smallest absolute Gasteiger partial charge is 0.272 e. The highest BCUT2D eigenvalue weighted by molar-refractivity contribution is 5.92. The predicted octanol–water partition coefficient (Wildman–Crippen LogP) is 1.83. The second kappa shape index (κ2) is 6.63. The lowest BCUT2D eigenvalue weighted by molar-refractivity contribution is 0.0724. The molecule has 0 saturated heterocycles. The molecule has 1 aromatic carbocycles. The lowest BCUT2D eigenvalue weighted by Gasteiger charge is -2.29. The van der Waals surface area contributed by atoms with Crippen molar-refractivity contribution in [3.8, 4) is 0 Å². The quantitative estimate of drug-likeness (QED) is 0.725. The number of rotatable bonds is 3. The van der Waals surface area contributed by atoms with Crippen molar-refractivity contribution in [3.63, 3.8) is 0 Å². The summed E-state index contributed by atoms with van der Waals surface area (Å²) in [5.41, 5.74) is 3.72. The minimum atomic E-state index is -0.0311. The van der Waals surface area contributed by atoms with Crippen LogP contribution in [0.15, 0.2) is 59.9 Å². The number of pyridine rings is 1. The number of aryl methyl sites for hydroxylation is 1. The van der Waals surface area contributed by atoms with E-state index in [4.69, 9.17) is 0 Å². The topological polar surface area (TPSA) is 60.1 Å². The summed E-state index contributed by atoms with van der Waals surface area (Å²) in [5.74, 6) is -0.0311. The van der Waals surface area contributed by atoms with Crippen molar-refractivity contribution in [1.29, 1.82) is 0 Å². The van der Waals surface area contributed by atoms with Crippen LogP contribution >= 0.6 is 0 Å². The first-order valence-electron chi connectivity index (χ1n) is 8.63. The molecular formula is C20H20N4O2. The highest BCUT2D eigenvalue weighted by Gasteiger charge is 2.24. The number of hydrogen-bond donors (Lipinski definition) is 0. The average molecular weight is 348 g/mol. The Balaban J connectivity index is 1.60. The van der Waals surface area contributed by atoms with Crippen LogP contribution in [0.5, 0.6) is 0 Å². The standard InChI is InChI=1S/C20H20N4O2/c1-22-14-21-10-18(22)20(26)23-8-7-16-9-19(25)24(13-17(16)12-23)11-15-5-3-2-4-6-15/h2-6,9-10,13-14H,7-8,11-12H2,1H3. The molecule has 0 spiro atoms. The van der Waals surface area contributed by atoms with Gasteiger partial charge in [-0.25, -0.2) is 4.98 Å². The van der Waals surface area contributed by atoms with Crippen molar-refractivity contribution < 1.29 is 4.79 Å². The number of fused-ring (bicyclic) bond motifs is 1. The molecule has 2 aromatic heterocycles. The third-order valence-electron chi connectivity index (χ3n) is 4.84. The van der Waals surface area contributed by atoms with E-state index < -0.39 is 0 Å². The van der Waals surface area contributed by atoms with E-state index in [1.54, 1.807) is 27.7 Å². The van der Waals surface area contributed by atoms with Crippen molar-refractivity contribution in [2.75, 3.05) is 6.54 Å². The normalized spacial score (nSPS) is 13.5. The monoisotopic (exact) mass is 348 g/mol. The zero-order valence-electron chi connectivity index (χ0n) is 14.6. The predicted molar refractivity (Wildman–Crippen MR) is 97.9 cm³/mol. The Morgan fingerprint density at radius 1 is 1.19 bits per heavy atom. The summed E-state index contributed by atoms with van der Waals surface area (Å²) >= 11 is 0. The Labute approximate surface area is 151 Å². The van der Waals surface area contributed by atoms with Gasteiger partial charge < -0.3 is 14.0 Å². The molecule has 26 heavy (non-hydrogen) atoms. The second-order valence-corrected chi connectivity index (χ2v) is 6.64. The van der Waals surface area contributed by atoms with E-state index in [1.807, 2.05) is 48.5 Å². The number of imidazole rings is 1. The molecule has 6 nitrogen and oxygen atoms in total. The third kappa shape index (κ3) is 3.06. The minimum absolute atomic E-state index is 0.000913. The van der Waals surface area contributed by atoms with Crippen molar-refractivity contribution in [2.24, 2.45) is 7.05 Å². The first-order chi connectivity index (χ1) is 12.6. The molecule has 0 bridgehead atoms. The van der Waals surface area contributed by atoms with E-state index in [1.165, 1.54) is 0 Å². The number of carbonyl (C=O) groups is 1. The van der Waals surface area contributed by atoms with E-state index in [-0.39, 0.29) is 11.5 Å². The van der Waals surface area contributed by atoms with Crippen LogP contribution in [0, 0.1) is 0 Å². The lowest BCUT2D eigenvalue weighted by atomic mass is 10.0. The molecule has 3 aromatic rings. The SMILES string of the molecule is Cn1cncc1C(=O)N1CCc2cc(=O)n(Cc3ccccc3)cc2C1. The number of carbonyl (C=O) groups excluding carboxylic acids is 1. The molecule has 1 amide bonds. The second-order valence-electron chi connectivity index (χ2n) is 6.64. The van der Waals surface area contributed by atoms with Crippen molar-refractivity contribution >= 4 is 5.91 Å². The zero-order valence-corrected chi connectivity index (χ0v) is 14.6. The van der Waals surface area contributed by atoms with E-state index in [2.05, 4.69) is 4.98 Å². The van der Waals surface area contributed by atoms with Gasteiger partial charge in [-0.15, -0.1) is 0 Å². The summed E-state index contributed by atoms with van der Waals surface area (Å²) in [5, 5.41) is 0. The third-order valence-corrected chi connectivity index (χ3v) is 4.84.